The molecule has 1 aromatic heterocycles. The Labute approximate surface area is 122 Å². The third kappa shape index (κ3) is 4.44. The number of carbonyl (C=O) groups excluding carboxylic acids is 1. The van der Waals surface area contributed by atoms with Crippen LogP contribution in [0.5, 0.6) is 0 Å². The molecule has 0 aromatic carbocycles. The van der Waals surface area contributed by atoms with Crippen LogP contribution in [-0.4, -0.2) is 40.1 Å². The van der Waals surface area contributed by atoms with Gasteiger partial charge in [0.2, 0.25) is 0 Å². The van der Waals surface area contributed by atoms with Gasteiger partial charge in [0.1, 0.15) is 11.9 Å². The fourth-order valence-corrected chi connectivity index (χ4v) is 1.92. The van der Waals surface area contributed by atoms with Crippen molar-refractivity contribution in [1.82, 2.24) is 0 Å². The van der Waals surface area contributed by atoms with Crippen LogP contribution in [-0.2, 0) is 9.53 Å². The molecule has 7 heteroatoms. The molecule has 0 saturated carbocycles. The minimum absolute atomic E-state index is 0.699. The summed E-state index contributed by atoms with van der Waals surface area (Å²) >= 11 is 0. The number of hydrogen-bond donors (Lipinski definition) is 3. The summed E-state index contributed by atoms with van der Waals surface area (Å²) in [6.45, 7) is 5.54. The molecule has 1 aromatic rings. The molecule has 7 nitrogen and oxygen atoms in total. The quantitative estimate of drug-likeness (QED) is 0.590. The summed E-state index contributed by atoms with van der Waals surface area (Å²) in [6.07, 6.45) is -2.88. The van der Waals surface area contributed by atoms with E-state index in [1.165, 1.54) is 17.0 Å². The van der Waals surface area contributed by atoms with Crippen LogP contribution < -0.4 is 10.1 Å². The number of carbonyl (C=O) groups is 1. The molecule has 4 N–H and O–H groups in total. The van der Waals surface area contributed by atoms with Crippen molar-refractivity contribution < 1.29 is 34.9 Å². The molecule has 1 aliphatic heterocycles. The van der Waals surface area contributed by atoms with E-state index in [2.05, 4.69) is 42.6 Å². The molecule has 2 rings (SSSR count). The summed E-state index contributed by atoms with van der Waals surface area (Å²) < 4.78 is 4.25. The van der Waals surface area contributed by atoms with Crippen LogP contribution in [0.25, 0.3) is 0 Å². The summed E-state index contributed by atoms with van der Waals surface area (Å²) in [4.78, 5) is 13.7. The Morgan fingerprint density at radius 1 is 1.33 bits per heavy atom. The molecule has 0 unspecified atom stereocenters. The normalized spacial score (nSPS) is 18.9. The van der Waals surface area contributed by atoms with Gasteiger partial charge >= 0.3 is 5.97 Å². The second-order valence-corrected chi connectivity index (χ2v) is 4.81. The van der Waals surface area contributed by atoms with Crippen LogP contribution in [0.2, 0.25) is 0 Å². The first-order chi connectivity index (χ1) is 9.76. The zero-order valence-corrected chi connectivity index (χ0v) is 12.1. The third-order valence-corrected chi connectivity index (χ3v) is 2.74. The van der Waals surface area contributed by atoms with Crippen LogP contribution in [0.1, 0.15) is 17.0 Å². The van der Waals surface area contributed by atoms with Gasteiger partial charge in [0.25, 0.3) is 0 Å². The average molecular weight is 297 g/mol. The van der Waals surface area contributed by atoms with E-state index in [-0.39, 0.29) is 0 Å². The van der Waals surface area contributed by atoms with E-state index in [4.69, 9.17) is 15.3 Å². The van der Waals surface area contributed by atoms with Gasteiger partial charge in [-0.05, 0) is 12.5 Å². The predicted octanol–water partition coefficient (Wildman–Crippen LogP) is -1.18. The number of H-pyrrole nitrogens is 1. The number of ether oxygens (including phenoxy) is 1. The molecule has 0 fully saturated rings. The summed E-state index contributed by atoms with van der Waals surface area (Å²) in [5.74, 6) is -3.25. The van der Waals surface area contributed by atoms with E-state index in [1.54, 1.807) is 0 Å². The number of cyclic esters (lactones) is 1. The van der Waals surface area contributed by atoms with Gasteiger partial charge in [-0.25, -0.2) is 9.78 Å². The van der Waals surface area contributed by atoms with Crippen molar-refractivity contribution in [2.45, 2.75) is 33.0 Å². The molecule has 0 saturated heterocycles. The van der Waals surface area contributed by atoms with Crippen LogP contribution in [0, 0.1) is 20.8 Å². The number of rotatable bonds is 2. The molecule has 2 heterocycles. The van der Waals surface area contributed by atoms with Crippen molar-refractivity contribution in [1.29, 1.82) is 0 Å². The lowest BCUT2D eigenvalue weighted by molar-refractivity contribution is -0.396. The molecular weight excluding hydrogens is 278 g/mol. The van der Waals surface area contributed by atoms with E-state index in [9.17, 15) is 9.90 Å². The largest absolute Gasteiger partial charge is 0.865 e. The van der Waals surface area contributed by atoms with Gasteiger partial charge in [-0.15, -0.1) is 0 Å². The Kier molecular flexibility index (Phi) is 5.69. The Morgan fingerprint density at radius 3 is 2.19 bits per heavy atom. The Hall–Kier alpha value is -2.12. The maximum absolute atomic E-state index is 10.6. The predicted molar refractivity (Wildman–Crippen MR) is 69.8 cm³/mol. The molecule has 0 aliphatic carbocycles. The second kappa shape index (κ2) is 7.05. The highest BCUT2D eigenvalue weighted by Gasteiger charge is 2.34. The highest BCUT2D eigenvalue weighted by Crippen LogP contribution is 2.19. The first-order valence-corrected chi connectivity index (χ1v) is 6.33. The summed E-state index contributed by atoms with van der Waals surface area (Å²) in [7, 11) is 0. The number of aliphatic hydroxyl groups is 3. The van der Waals surface area contributed by atoms with Gasteiger partial charge in [0, 0.05) is 31.7 Å². The lowest BCUT2D eigenvalue weighted by Crippen LogP contribution is -2.31. The number of aliphatic hydroxyl groups excluding tert-OH is 3. The molecule has 0 bridgehead atoms. The van der Waals surface area contributed by atoms with Crippen LogP contribution in [0.3, 0.4) is 0 Å². The highest BCUT2D eigenvalue weighted by molar-refractivity contribution is 5.88. The maximum Gasteiger partial charge on any atom is 0.327 e. The number of aromatic amines is 1. The van der Waals surface area contributed by atoms with Crippen molar-refractivity contribution in [3.63, 3.8) is 0 Å². The second-order valence-electron chi connectivity index (χ2n) is 4.81. The van der Waals surface area contributed by atoms with Crippen molar-refractivity contribution in [2.75, 3.05) is 6.61 Å². The van der Waals surface area contributed by atoms with Gasteiger partial charge in [-0.2, -0.15) is 0 Å². The number of nitrogens with one attached hydrogen (secondary N) is 1. The lowest BCUT2D eigenvalue weighted by atomic mass is 10.2. The monoisotopic (exact) mass is 297 g/mol. The van der Waals surface area contributed by atoms with E-state index in [0.717, 1.165) is 0 Å². The minimum atomic E-state index is -1.46. The van der Waals surface area contributed by atoms with Crippen molar-refractivity contribution in [3.8, 4) is 0 Å². The Bertz CT molecular complexity index is 504. The average Bonchev–Trinajstić information content (AvgIpc) is 2.65. The van der Waals surface area contributed by atoms with Gasteiger partial charge in [-0.3, -0.25) is 0 Å². The van der Waals surface area contributed by atoms with Gasteiger partial charge in [0.15, 0.2) is 17.5 Å². The molecule has 116 valence electrons. The zero-order chi connectivity index (χ0) is 16.2. The molecule has 0 radical (unpaired) electrons. The number of aromatic nitrogens is 1. The zero-order valence-electron chi connectivity index (χ0n) is 12.1. The Morgan fingerprint density at radius 2 is 1.86 bits per heavy atom. The van der Waals surface area contributed by atoms with Gasteiger partial charge in [0.05, 0.1) is 6.61 Å². The van der Waals surface area contributed by atoms with Crippen LogP contribution >= 0.6 is 0 Å². The van der Waals surface area contributed by atoms with Crippen molar-refractivity contribution in [3.05, 3.63) is 40.6 Å². The standard InChI is InChI=1S/C8H11N.C6H8O6/c1-6-4-7(2)9-8(3)5-6;7-1-2(8)5-3(9)4(10)6(11)12-5/h4-5H,1-3H3;2,5,7-10H,1H2/t;2-,5+/m.0/s1. The topological polar surface area (TPSA) is 124 Å². The maximum atomic E-state index is 10.6. The molecule has 2 atom stereocenters. The smallest absolute Gasteiger partial charge is 0.327 e. The highest BCUT2D eigenvalue weighted by atomic mass is 16.6. The number of aryl methyl sites for hydroxylation is 3. The molecule has 0 amide bonds. The van der Waals surface area contributed by atoms with Crippen molar-refractivity contribution in [2.24, 2.45) is 0 Å². The minimum Gasteiger partial charge on any atom is -0.865 e. The number of esters is 1. The summed E-state index contributed by atoms with van der Waals surface area (Å²) in [6, 6.07) is 4.26. The fourth-order valence-electron chi connectivity index (χ4n) is 1.92. The van der Waals surface area contributed by atoms with Gasteiger partial charge in [-0.1, -0.05) is 0 Å². The number of hydrogen-bond acceptors (Lipinski definition) is 6. The third-order valence-electron chi connectivity index (χ3n) is 2.74. The summed E-state index contributed by atoms with van der Waals surface area (Å²) in [5.41, 5.74) is 3.78. The molecular formula is C14H19NO6. The first-order valence-electron chi connectivity index (χ1n) is 6.33. The van der Waals surface area contributed by atoms with E-state index >= 15 is 0 Å². The SMILES string of the molecule is Cc1cc(C)[nH+]c(C)c1.O=C1O[C@H]([C@@H](O)CO)C(O)=C1[O-]. The van der Waals surface area contributed by atoms with Crippen molar-refractivity contribution >= 4 is 5.97 Å². The van der Waals surface area contributed by atoms with E-state index < -0.39 is 36.3 Å². The lowest BCUT2D eigenvalue weighted by Gasteiger charge is -2.14. The van der Waals surface area contributed by atoms with E-state index in [1.807, 2.05) is 0 Å². The van der Waals surface area contributed by atoms with Crippen LogP contribution in [0.4, 0.5) is 0 Å². The fraction of sp³-hybridized carbons (Fsp3) is 0.429. The summed E-state index contributed by atoms with van der Waals surface area (Å²) in [5, 5.41) is 36.8. The molecule has 21 heavy (non-hydrogen) atoms. The Balaban J connectivity index is 0.000000219. The molecule has 0 spiro atoms. The number of pyridine rings is 1. The van der Waals surface area contributed by atoms with E-state index in [0.29, 0.717) is 0 Å². The first kappa shape index (κ1) is 16.9. The molecule has 1 aliphatic rings. The van der Waals surface area contributed by atoms with Crippen LogP contribution in [0.15, 0.2) is 23.7 Å². The van der Waals surface area contributed by atoms with Gasteiger partial charge < -0.3 is 25.2 Å².